The molecule has 0 spiro atoms. The van der Waals surface area contributed by atoms with Gasteiger partial charge in [0.25, 0.3) is 0 Å². The molecule has 20 heavy (non-hydrogen) atoms. The first kappa shape index (κ1) is 14.8. The van der Waals surface area contributed by atoms with Crippen LogP contribution in [0.5, 0.6) is 0 Å². The molecule has 0 aliphatic carbocycles. The van der Waals surface area contributed by atoms with Crippen molar-refractivity contribution in [3.63, 3.8) is 0 Å². The fraction of sp³-hybridized carbons (Fsp3) is 0.769. The van der Waals surface area contributed by atoms with Gasteiger partial charge in [0.1, 0.15) is 0 Å². The van der Waals surface area contributed by atoms with E-state index in [2.05, 4.69) is 22.4 Å². The molecule has 2 heterocycles. The van der Waals surface area contributed by atoms with Gasteiger partial charge in [0.05, 0.1) is 6.54 Å². The highest BCUT2D eigenvalue weighted by Crippen LogP contribution is 2.34. The van der Waals surface area contributed by atoms with Crippen molar-refractivity contribution in [1.82, 2.24) is 20.4 Å². The van der Waals surface area contributed by atoms with Crippen molar-refractivity contribution in [2.45, 2.75) is 39.7 Å². The van der Waals surface area contributed by atoms with Crippen LogP contribution in [-0.2, 0) is 6.54 Å². The number of hydrogen-bond acceptors (Lipinski definition) is 5. The Morgan fingerprint density at radius 2 is 2.20 bits per heavy atom. The van der Waals surface area contributed by atoms with Crippen LogP contribution in [0.25, 0.3) is 0 Å². The number of amides is 2. The first-order valence-electron chi connectivity index (χ1n) is 7.01. The third kappa shape index (κ3) is 3.27. The van der Waals surface area contributed by atoms with Gasteiger partial charge in [-0.2, -0.15) is 4.98 Å². The van der Waals surface area contributed by atoms with Gasteiger partial charge in [0.15, 0.2) is 5.82 Å². The molecule has 1 aromatic heterocycles. The molecule has 7 heteroatoms. The van der Waals surface area contributed by atoms with E-state index < -0.39 is 0 Å². The average molecular weight is 282 g/mol. The van der Waals surface area contributed by atoms with E-state index in [1.54, 1.807) is 11.8 Å². The van der Waals surface area contributed by atoms with Crippen molar-refractivity contribution in [3.05, 3.63) is 11.7 Å². The number of urea groups is 1. The van der Waals surface area contributed by atoms with Crippen LogP contribution in [0.3, 0.4) is 0 Å². The van der Waals surface area contributed by atoms with Crippen molar-refractivity contribution in [1.29, 1.82) is 0 Å². The maximum absolute atomic E-state index is 12.0. The summed E-state index contributed by atoms with van der Waals surface area (Å²) in [6, 6.07) is -0.122. The van der Waals surface area contributed by atoms with Gasteiger partial charge >= 0.3 is 6.03 Å². The number of nitrogens with one attached hydrogen (secondary N) is 1. The number of carbonyl (C=O) groups excluding carboxylic acids is 1. The number of rotatable bonds is 4. The Balaban J connectivity index is 1.80. The summed E-state index contributed by atoms with van der Waals surface area (Å²) >= 11 is 0. The Hall–Kier alpha value is -1.63. The van der Waals surface area contributed by atoms with E-state index in [1.165, 1.54) is 0 Å². The molecule has 0 unspecified atom stereocenters. The van der Waals surface area contributed by atoms with Crippen molar-refractivity contribution >= 4 is 6.03 Å². The summed E-state index contributed by atoms with van der Waals surface area (Å²) in [5.41, 5.74) is -0.0135. The van der Waals surface area contributed by atoms with E-state index in [9.17, 15) is 9.90 Å². The first-order valence-corrected chi connectivity index (χ1v) is 7.01. The molecular formula is C13H22N4O3. The number of carbonyl (C=O) groups is 1. The highest BCUT2D eigenvalue weighted by Gasteiger charge is 2.33. The van der Waals surface area contributed by atoms with E-state index in [0.717, 1.165) is 19.3 Å². The van der Waals surface area contributed by atoms with E-state index in [1.807, 2.05) is 0 Å². The zero-order chi connectivity index (χ0) is 14.6. The summed E-state index contributed by atoms with van der Waals surface area (Å²) in [5, 5.41) is 15.9. The number of likely N-dealkylation sites (tertiary alicyclic amines) is 1. The molecular weight excluding hydrogens is 260 g/mol. The monoisotopic (exact) mass is 282 g/mol. The number of piperidine rings is 1. The van der Waals surface area contributed by atoms with Crippen LogP contribution < -0.4 is 5.32 Å². The Morgan fingerprint density at radius 3 is 2.70 bits per heavy atom. The third-order valence-electron chi connectivity index (χ3n) is 4.16. The SMILES string of the molecule is CCC1(CO)CCN(C(=O)NCc2nc(C)no2)CC1. The minimum Gasteiger partial charge on any atom is -0.396 e. The van der Waals surface area contributed by atoms with Crippen LogP contribution in [0.2, 0.25) is 0 Å². The lowest BCUT2D eigenvalue weighted by molar-refractivity contribution is 0.0518. The van der Waals surface area contributed by atoms with Crippen LogP contribution in [0.1, 0.15) is 37.9 Å². The molecule has 0 aromatic carbocycles. The summed E-state index contributed by atoms with van der Waals surface area (Å²) in [4.78, 5) is 17.8. The van der Waals surface area contributed by atoms with Gasteiger partial charge in [0, 0.05) is 19.7 Å². The summed E-state index contributed by atoms with van der Waals surface area (Å²) in [5.74, 6) is 0.967. The molecule has 1 aliphatic heterocycles. The molecule has 0 saturated carbocycles. The molecule has 2 amide bonds. The molecule has 1 aromatic rings. The average Bonchev–Trinajstić information content (AvgIpc) is 2.90. The van der Waals surface area contributed by atoms with Crippen molar-refractivity contribution < 1.29 is 14.4 Å². The second-order valence-corrected chi connectivity index (χ2v) is 5.39. The van der Waals surface area contributed by atoms with Gasteiger partial charge in [-0.15, -0.1) is 0 Å². The Labute approximate surface area is 118 Å². The molecule has 0 radical (unpaired) electrons. The molecule has 112 valence electrons. The largest absolute Gasteiger partial charge is 0.396 e. The van der Waals surface area contributed by atoms with Crippen molar-refractivity contribution in [2.75, 3.05) is 19.7 Å². The number of aromatic nitrogens is 2. The second-order valence-electron chi connectivity index (χ2n) is 5.39. The number of aliphatic hydroxyl groups excluding tert-OH is 1. The molecule has 2 N–H and O–H groups in total. The van der Waals surface area contributed by atoms with E-state index in [4.69, 9.17) is 4.52 Å². The standard InChI is InChI=1S/C13H22N4O3/c1-3-13(9-18)4-6-17(7-5-13)12(19)14-8-11-15-10(2)16-20-11/h18H,3-9H2,1-2H3,(H,14,19). The Morgan fingerprint density at radius 1 is 1.50 bits per heavy atom. The first-order chi connectivity index (χ1) is 9.58. The van der Waals surface area contributed by atoms with Gasteiger partial charge in [-0.25, -0.2) is 4.79 Å². The van der Waals surface area contributed by atoms with Crippen LogP contribution >= 0.6 is 0 Å². The number of hydrogen-bond donors (Lipinski definition) is 2. The van der Waals surface area contributed by atoms with Crippen LogP contribution in [-0.4, -0.2) is 45.9 Å². The predicted molar refractivity (Wildman–Crippen MR) is 71.9 cm³/mol. The Kier molecular flexibility index (Phi) is 4.59. The number of aliphatic hydroxyl groups is 1. The topological polar surface area (TPSA) is 91.5 Å². The highest BCUT2D eigenvalue weighted by molar-refractivity contribution is 5.74. The fourth-order valence-electron chi connectivity index (χ4n) is 2.48. The van der Waals surface area contributed by atoms with Gasteiger partial charge in [-0.3, -0.25) is 0 Å². The van der Waals surface area contributed by atoms with E-state index in [-0.39, 0.29) is 24.6 Å². The Bertz CT molecular complexity index is 446. The van der Waals surface area contributed by atoms with Gasteiger partial charge in [-0.05, 0) is 31.6 Å². The number of nitrogens with zero attached hydrogens (tertiary/aromatic N) is 3. The lowest BCUT2D eigenvalue weighted by atomic mass is 9.77. The minimum atomic E-state index is -0.122. The maximum atomic E-state index is 12.0. The molecule has 1 fully saturated rings. The normalized spacial score (nSPS) is 18.1. The van der Waals surface area contributed by atoms with Crippen LogP contribution in [0.4, 0.5) is 4.79 Å². The van der Waals surface area contributed by atoms with Gasteiger partial charge in [-0.1, -0.05) is 12.1 Å². The van der Waals surface area contributed by atoms with Crippen molar-refractivity contribution in [2.24, 2.45) is 5.41 Å². The minimum absolute atomic E-state index is 0.0135. The van der Waals surface area contributed by atoms with Crippen LogP contribution in [0, 0.1) is 12.3 Å². The third-order valence-corrected chi connectivity index (χ3v) is 4.16. The molecule has 7 nitrogen and oxygen atoms in total. The second kappa shape index (κ2) is 6.21. The molecule has 1 aliphatic rings. The lowest BCUT2D eigenvalue weighted by Crippen LogP contribution is -2.48. The fourth-order valence-corrected chi connectivity index (χ4v) is 2.48. The maximum Gasteiger partial charge on any atom is 0.317 e. The van der Waals surface area contributed by atoms with Crippen molar-refractivity contribution in [3.8, 4) is 0 Å². The molecule has 0 atom stereocenters. The zero-order valence-corrected chi connectivity index (χ0v) is 12.1. The molecule has 0 bridgehead atoms. The molecule has 2 rings (SSSR count). The number of aryl methyl sites for hydroxylation is 1. The van der Waals surface area contributed by atoms with E-state index >= 15 is 0 Å². The summed E-state index contributed by atoms with van der Waals surface area (Å²) in [6.45, 7) is 5.60. The highest BCUT2D eigenvalue weighted by atomic mass is 16.5. The summed E-state index contributed by atoms with van der Waals surface area (Å²) < 4.78 is 4.94. The smallest absolute Gasteiger partial charge is 0.317 e. The van der Waals surface area contributed by atoms with E-state index in [0.29, 0.717) is 24.8 Å². The van der Waals surface area contributed by atoms with Gasteiger partial charge < -0.3 is 19.8 Å². The summed E-state index contributed by atoms with van der Waals surface area (Å²) in [6.07, 6.45) is 2.63. The zero-order valence-electron chi connectivity index (χ0n) is 12.1. The van der Waals surface area contributed by atoms with Crippen LogP contribution in [0.15, 0.2) is 4.52 Å². The molecule has 1 saturated heterocycles. The van der Waals surface area contributed by atoms with Gasteiger partial charge in [0.2, 0.25) is 5.89 Å². The quantitative estimate of drug-likeness (QED) is 0.862. The predicted octanol–water partition coefficient (Wildman–Crippen LogP) is 1.07. The summed E-state index contributed by atoms with van der Waals surface area (Å²) in [7, 11) is 0. The lowest BCUT2D eigenvalue weighted by Gasteiger charge is -2.40.